The molecule has 6 nitrogen and oxygen atoms in total. The van der Waals surface area contributed by atoms with E-state index < -0.39 is 0 Å². The van der Waals surface area contributed by atoms with E-state index in [-0.39, 0.29) is 11.8 Å². The molecule has 1 aliphatic heterocycles. The second-order valence-corrected chi connectivity index (χ2v) is 6.06. The van der Waals surface area contributed by atoms with E-state index in [2.05, 4.69) is 4.90 Å². The van der Waals surface area contributed by atoms with Crippen molar-refractivity contribution in [2.45, 2.75) is 20.8 Å². The molecular formula is C18H21NO5. The van der Waals surface area contributed by atoms with Crippen LogP contribution in [0.5, 0.6) is 5.75 Å². The fourth-order valence-corrected chi connectivity index (χ4v) is 2.85. The third-order valence-electron chi connectivity index (χ3n) is 4.32. The van der Waals surface area contributed by atoms with E-state index in [9.17, 15) is 9.59 Å². The first-order chi connectivity index (χ1) is 11.5. The number of carbonyl (C=O) groups excluding carboxylic acids is 2. The van der Waals surface area contributed by atoms with Gasteiger partial charge in [0.1, 0.15) is 11.3 Å². The SMILES string of the molecule is CC(=O)Oc1cc2cc(C(=O)CN3CCOCC3)oc2c(C)c1C. The maximum absolute atomic E-state index is 12.5. The fourth-order valence-electron chi connectivity index (χ4n) is 2.85. The first kappa shape index (κ1) is 16.7. The van der Waals surface area contributed by atoms with Crippen molar-refractivity contribution in [2.75, 3.05) is 32.8 Å². The molecule has 1 aromatic heterocycles. The van der Waals surface area contributed by atoms with Crippen LogP contribution in [-0.4, -0.2) is 49.5 Å². The summed E-state index contributed by atoms with van der Waals surface area (Å²) in [4.78, 5) is 25.8. The Kier molecular flexibility index (Phi) is 4.69. The molecule has 0 atom stereocenters. The lowest BCUT2D eigenvalue weighted by Gasteiger charge is -2.25. The van der Waals surface area contributed by atoms with Crippen molar-refractivity contribution >= 4 is 22.7 Å². The van der Waals surface area contributed by atoms with E-state index in [0.717, 1.165) is 29.6 Å². The predicted molar refractivity (Wildman–Crippen MR) is 88.6 cm³/mol. The van der Waals surface area contributed by atoms with Gasteiger partial charge in [-0.1, -0.05) is 0 Å². The summed E-state index contributed by atoms with van der Waals surface area (Å²) in [6, 6.07) is 3.46. The molecular weight excluding hydrogens is 310 g/mol. The molecule has 2 heterocycles. The second kappa shape index (κ2) is 6.75. The number of morpholine rings is 1. The average molecular weight is 331 g/mol. The fraction of sp³-hybridized carbons (Fsp3) is 0.444. The van der Waals surface area contributed by atoms with E-state index in [1.807, 2.05) is 13.8 Å². The van der Waals surface area contributed by atoms with Crippen molar-refractivity contribution in [1.29, 1.82) is 0 Å². The van der Waals surface area contributed by atoms with E-state index >= 15 is 0 Å². The van der Waals surface area contributed by atoms with E-state index in [1.165, 1.54) is 6.92 Å². The number of aryl methyl sites for hydroxylation is 1. The molecule has 1 fully saturated rings. The second-order valence-electron chi connectivity index (χ2n) is 6.06. The van der Waals surface area contributed by atoms with Crippen LogP contribution in [0.1, 0.15) is 28.6 Å². The van der Waals surface area contributed by atoms with Crippen LogP contribution in [-0.2, 0) is 9.53 Å². The molecule has 0 unspecified atom stereocenters. The summed E-state index contributed by atoms with van der Waals surface area (Å²) in [6.07, 6.45) is 0. The zero-order valence-electron chi connectivity index (χ0n) is 14.2. The van der Waals surface area contributed by atoms with Gasteiger partial charge in [-0.3, -0.25) is 14.5 Å². The third-order valence-corrected chi connectivity index (χ3v) is 4.32. The van der Waals surface area contributed by atoms with Crippen LogP contribution in [0.15, 0.2) is 16.5 Å². The minimum Gasteiger partial charge on any atom is -0.453 e. The normalized spacial score (nSPS) is 15.6. The smallest absolute Gasteiger partial charge is 0.308 e. The van der Waals surface area contributed by atoms with Gasteiger partial charge >= 0.3 is 5.97 Å². The number of benzene rings is 1. The summed E-state index contributed by atoms with van der Waals surface area (Å²) < 4.78 is 16.3. The van der Waals surface area contributed by atoms with Crippen molar-refractivity contribution in [3.8, 4) is 5.75 Å². The molecule has 3 rings (SSSR count). The highest BCUT2D eigenvalue weighted by molar-refractivity contribution is 5.99. The Morgan fingerprint density at radius 1 is 1.17 bits per heavy atom. The van der Waals surface area contributed by atoms with Crippen LogP contribution >= 0.6 is 0 Å². The maximum Gasteiger partial charge on any atom is 0.308 e. The van der Waals surface area contributed by atoms with Gasteiger partial charge in [0.2, 0.25) is 5.78 Å². The Bertz CT molecular complexity index is 786. The lowest BCUT2D eigenvalue weighted by Crippen LogP contribution is -2.39. The van der Waals surface area contributed by atoms with Gasteiger partial charge in [-0.25, -0.2) is 0 Å². The van der Waals surface area contributed by atoms with E-state index in [1.54, 1.807) is 12.1 Å². The number of fused-ring (bicyclic) bond motifs is 1. The van der Waals surface area contributed by atoms with E-state index in [4.69, 9.17) is 13.9 Å². The van der Waals surface area contributed by atoms with E-state index in [0.29, 0.717) is 36.9 Å². The zero-order chi connectivity index (χ0) is 17.3. The Balaban J connectivity index is 1.88. The Morgan fingerprint density at radius 3 is 2.54 bits per heavy atom. The first-order valence-corrected chi connectivity index (χ1v) is 8.01. The van der Waals surface area contributed by atoms with Crippen molar-refractivity contribution < 1.29 is 23.5 Å². The third kappa shape index (κ3) is 3.34. The highest BCUT2D eigenvalue weighted by Crippen LogP contribution is 2.32. The zero-order valence-corrected chi connectivity index (χ0v) is 14.2. The van der Waals surface area contributed by atoms with Gasteiger partial charge in [-0.2, -0.15) is 0 Å². The molecule has 0 bridgehead atoms. The van der Waals surface area contributed by atoms with Crippen LogP contribution in [0.25, 0.3) is 11.0 Å². The molecule has 128 valence electrons. The topological polar surface area (TPSA) is 69.0 Å². The molecule has 0 saturated carbocycles. The minimum atomic E-state index is -0.371. The Hall–Kier alpha value is -2.18. The van der Waals surface area contributed by atoms with Gasteiger partial charge in [0.05, 0.1) is 19.8 Å². The van der Waals surface area contributed by atoms with Gasteiger partial charge in [-0.05, 0) is 37.1 Å². The monoisotopic (exact) mass is 331 g/mol. The molecule has 0 aliphatic carbocycles. The number of rotatable bonds is 4. The summed E-state index contributed by atoms with van der Waals surface area (Å²) in [6.45, 7) is 8.25. The number of esters is 1. The number of carbonyl (C=O) groups is 2. The maximum atomic E-state index is 12.5. The Labute approximate surface area is 140 Å². The van der Waals surface area contributed by atoms with Crippen LogP contribution in [0.2, 0.25) is 0 Å². The van der Waals surface area contributed by atoms with Crippen molar-refractivity contribution in [1.82, 2.24) is 4.90 Å². The summed E-state index contributed by atoms with van der Waals surface area (Å²) >= 11 is 0. The average Bonchev–Trinajstić information content (AvgIpc) is 2.97. The summed E-state index contributed by atoms with van der Waals surface area (Å²) in [5.74, 6) is 0.405. The van der Waals surface area contributed by atoms with Crippen molar-refractivity contribution in [3.05, 3.63) is 29.0 Å². The van der Waals surface area contributed by atoms with Crippen LogP contribution in [0.4, 0.5) is 0 Å². The molecule has 0 spiro atoms. The van der Waals surface area contributed by atoms with Gasteiger partial charge in [0.15, 0.2) is 5.76 Å². The van der Waals surface area contributed by atoms with Gasteiger partial charge in [0.25, 0.3) is 0 Å². The summed E-state index contributed by atoms with van der Waals surface area (Å²) in [5, 5.41) is 0.764. The lowest BCUT2D eigenvalue weighted by atomic mass is 10.1. The number of hydrogen-bond acceptors (Lipinski definition) is 6. The highest BCUT2D eigenvalue weighted by Gasteiger charge is 2.20. The molecule has 1 aliphatic rings. The van der Waals surface area contributed by atoms with Gasteiger partial charge < -0.3 is 13.9 Å². The van der Waals surface area contributed by atoms with Gasteiger partial charge in [0, 0.05) is 25.4 Å². The molecule has 0 N–H and O–H groups in total. The summed E-state index contributed by atoms with van der Waals surface area (Å²) in [5.41, 5.74) is 2.36. The number of hydrogen-bond donors (Lipinski definition) is 0. The minimum absolute atomic E-state index is 0.0563. The lowest BCUT2D eigenvalue weighted by molar-refractivity contribution is -0.131. The van der Waals surface area contributed by atoms with Crippen molar-refractivity contribution in [3.63, 3.8) is 0 Å². The molecule has 2 aromatic rings. The molecule has 1 saturated heterocycles. The molecule has 24 heavy (non-hydrogen) atoms. The predicted octanol–water partition coefficient (Wildman–Crippen LogP) is 2.49. The number of nitrogens with zero attached hydrogens (tertiary/aromatic N) is 1. The molecule has 0 radical (unpaired) electrons. The molecule has 6 heteroatoms. The summed E-state index contributed by atoms with van der Waals surface area (Å²) in [7, 11) is 0. The quantitative estimate of drug-likeness (QED) is 0.487. The van der Waals surface area contributed by atoms with Crippen LogP contribution in [0.3, 0.4) is 0 Å². The first-order valence-electron chi connectivity index (χ1n) is 8.01. The van der Waals surface area contributed by atoms with Gasteiger partial charge in [-0.15, -0.1) is 0 Å². The van der Waals surface area contributed by atoms with Crippen LogP contribution in [0, 0.1) is 13.8 Å². The molecule has 1 aromatic carbocycles. The van der Waals surface area contributed by atoms with Crippen LogP contribution < -0.4 is 4.74 Å². The number of ketones is 1. The number of ether oxygens (including phenoxy) is 2. The standard InChI is InChI=1S/C18H21NO5/c1-11-12(2)18-14(8-16(11)23-13(3)20)9-17(24-18)15(21)10-19-4-6-22-7-5-19/h8-9H,4-7,10H2,1-3H3. The number of furan rings is 1. The molecule has 0 amide bonds. The largest absolute Gasteiger partial charge is 0.453 e. The van der Waals surface area contributed by atoms with Crippen molar-refractivity contribution in [2.24, 2.45) is 0 Å². The number of Topliss-reactive ketones (excluding diaryl/α,β-unsaturated/α-hetero) is 1. The Morgan fingerprint density at radius 2 is 1.88 bits per heavy atom. The highest BCUT2D eigenvalue weighted by atomic mass is 16.5.